The summed E-state index contributed by atoms with van der Waals surface area (Å²) >= 11 is 5.42. The molecular weight excluding hydrogens is 318 g/mol. The van der Waals surface area contributed by atoms with Crippen LogP contribution in [0.15, 0.2) is 15.9 Å². The first-order valence-corrected chi connectivity index (χ1v) is 9.39. The summed E-state index contributed by atoms with van der Waals surface area (Å²) in [6.45, 7) is 5.67. The van der Waals surface area contributed by atoms with Crippen LogP contribution < -0.4 is 5.32 Å². The Morgan fingerprint density at radius 2 is 1.95 bits per heavy atom. The second kappa shape index (κ2) is 10.9. The van der Waals surface area contributed by atoms with Crippen molar-refractivity contribution >= 4 is 27.3 Å². The van der Waals surface area contributed by atoms with Crippen molar-refractivity contribution in [2.45, 2.75) is 71.3 Å². The Bertz CT molecular complexity index is 324. The lowest BCUT2D eigenvalue weighted by Crippen LogP contribution is -2.31. The van der Waals surface area contributed by atoms with Gasteiger partial charge in [-0.25, -0.2) is 0 Å². The van der Waals surface area contributed by atoms with Crippen molar-refractivity contribution in [2.24, 2.45) is 0 Å². The molecule has 0 bridgehead atoms. The van der Waals surface area contributed by atoms with E-state index in [-0.39, 0.29) is 0 Å². The van der Waals surface area contributed by atoms with Crippen molar-refractivity contribution in [1.82, 2.24) is 5.32 Å². The third-order valence-electron chi connectivity index (χ3n) is 3.41. The summed E-state index contributed by atoms with van der Waals surface area (Å²) < 4.78 is 1.23. The molecule has 1 unspecified atom stereocenters. The van der Waals surface area contributed by atoms with Crippen LogP contribution in [0.5, 0.6) is 0 Å². The van der Waals surface area contributed by atoms with Crippen LogP contribution in [-0.2, 0) is 6.42 Å². The number of unbranched alkanes of at least 4 members (excludes halogenated alkanes) is 4. The molecule has 110 valence electrons. The molecule has 0 aliphatic carbocycles. The fourth-order valence-electron chi connectivity index (χ4n) is 2.32. The summed E-state index contributed by atoms with van der Waals surface area (Å²) in [6, 6.07) is 2.93. The molecule has 0 saturated carbocycles. The quantitative estimate of drug-likeness (QED) is 0.501. The van der Waals surface area contributed by atoms with Crippen LogP contribution in [-0.4, -0.2) is 12.6 Å². The molecule has 0 aliphatic rings. The van der Waals surface area contributed by atoms with E-state index in [1.807, 2.05) is 11.3 Å². The predicted molar refractivity (Wildman–Crippen MR) is 91.2 cm³/mol. The fourth-order valence-corrected chi connectivity index (χ4v) is 3.86. The van der Waals surface area contributed by atoms with Crippen molar-refractivity contribution in [1.29, 1.82) is 0 Å². The Balaban J connectivity index is 2.29. The molecule has 1 aromatic heterocycles. The van der Waals surface area contributed by atoms with Gasteiger partial charge in [-0.2, -0.15) is 0 Å². The van der Waals surface area contributed by atoms with E-state index in [0.717, 1.165) is 6.54 Å². The lowest BCUT2D eigenvalue weighted by molar-refractivity contribution is 0.453. The van der Waals surface area contributed by atoms with E-state index in [9.17, 15) is 0 Å². The van der Waals surface area contributed by atoms with Crippen LogP contribution in [0.1, 0.15) is 63.7 Å². The molecule has 3 heteroatoms. The third-order valence-corrected chi connectivity index (χ3v) is 5.13. The summed E-state index contributed by atoms with van der Waals surface area (Å²) in [5.41, 5.74) is 0. The average Bonchev–Trinajstić information content (AvgIpc) is 2.81. The molecule has 1 nitrogen and oxygen atoms in total. The van der Waals surface area contributed by atoms with E-state index in [4.69, 9.17) is 0 Å². The van der Waals surface area contributed by atoms with E-state index >= 15 is 0 Å². The van der Waals surface area contributed by atoms with Crippen molar-refractivity contribution in [2.75, 3.05) is 6.54 Å². The third kappa shape index (κ3) is 8.11. The zero-order valence-electron chi connectivity index (χ0n) is 12.4. The summed E-state index contributed by atoms with van der Waals surface area (Å²) in [5, 5.41) is 5.90. The monoisotopic (exact) mass is 345 g/mol. The number of hydrogen-bond acceptors (Lipinski definition) is 2. The van der Waals surface area contributed by atoms with Crippen molar-refractivity contribution in [3.05, 3.63) is 20.8 Å². The first-order chi connectivity index (χ1) is 9.26. The number of nitrogens with one attached hydrogen (secondary N) is 1. The van der Waals surface area contributed by atoms with Gasteiger partial charge in [-0.15, -0.1) is 11.3 Å². The minimum Gasteiger partial charge on any atom is -0.314 e. The first-order valence-electron chi connectivity index (χ1n) is 7.72. The Labute approximate surface area is 131 Å². The van der Waals surface area contributed by atoms with E-state index < -0.39 is 0 Å². The molecule has 0 amide bonds. The maximum atomic E-state index is 3.71. The van der Waals surface area contributed by atoms with Crippen LogP contribution >= 0.6 is 27.3 Å². The molecule has 0 spiro atoms. The molecule has 0 radical (unpaired) electrons. The first kappa shape index (κ1) is 17.2. The zero-order chi connectivity index (χ0) is 13.9. The SMILES string of the molecule is CCCCCCCC(Cc1cc(Br)cs1)NCCC. The van der Waals surface area contributed by atoms with Gasteiger partial charge in [0.1, 0.15) is 0 Å². The minimum absolute atomic E-state index is 0.659. The van der Waals surface area contributed by atoms with Crippen molar-refractivity contribution in [3.63, 3.8) is 0 Å². The van der Waals surface area contributed by atoms with Gasteiger partial charge < -0.3 is 5.32 Å². The Hall–Kier alpha value is 0.140. The largest absolute Gasteiger partial charge is 0.314 e. The minimum atomic E-state index is 0.659. The topological polar surface area (TPSA) is 12.0 Å². The van der Waals surface area contributed by atoms with E-state index in [2.05, 4.69) is 46.5 Å². The fraction of sp³-hybridized carbons (Fsp3) is 0.750. The molecule has 1 atom stereocenters. The molecule has 0 aliphatic heterocycles. The molecule has 1 aromatic rings. The van der Waals surface area contributed by atoms with E-state index in [1.165, 1.54) is 60.7 Å². The summed E-state index contributed by atoms with van der Waals surface area (Å²) in [4.78, 5) is 1.49. The smallest absolute Gasteiger partial charge is 0.0285 e. The van der Waals surface area contributed by atoms with Crippen LogP contribution in [0.4, 0.5) is 0 Å². The highest BCUT2D eigenvalue weighted by Gasteiger charge is 2.10. The second-order valence-electron chi connectivity index (χ2n) is 5.29. The van der Waals surface area contributed by atoms with Gasteiger partial charge in [0.15, 0.2) is 0 Å². The Kier molecular flexibility index (Phi) is 9.84. The lowest BCUT2D eigenvalue weighted by Gasteiger charge is -2.17. The number of halogens is 1. The van der Waals surface area contributed by atoms with E-state index in [0.29, 0.717) is 6.04 Å². The maximum Gasteiger partial charge on any atom is 0.0285 e. The van der Waals surface area contributed by atoms with Gasteiger partial charge in [-0.3, -0.25) is 0 Å². The van der Waals surface area contributed by atoms with Crippen LogP contribution in [0, 0.1) is 0 Å². The van der Waals surface area contributed by atoms with Gasteiger partial charge in [0, 0.05) is 20.8 Å². The van der Waals surface area contributed by atoms with Crippen LogP contribution in [0.2, 0.25) is 0 Å². The summed E-state index contributed by atoms with van der Waals surface area (Å²) in [6.07, 6.45) is 10.6. The van der Waals surface area contributed by atoms with E-state index in [1.54, 1.807) is 0 Å². The normalized spacial score (nSPS) is 12.8. The van der Waals surface area contributed by atoms with Gasteiger partial charge >= 0.3 is 0 Å². The Morgan fingerprint density at radius 1 is 1.16 bits per heavy atom. The molecule has 0 fully saturated rings. The molecule has 19 heavy (non-hydrogen) atoms. The number of thiophene rings is 1. The average molecular weight is 346 g/mol. The zero-order valence-corrected chi connectivity index (χ0v) is 14.8. The van der Waals surface area contributed by atoms with Crippen molar-refractivity contribution in [3.8, 4) is 0 Å². The standard InChI is InChI=1S/C16H28BrNS/c1-3-5-6-7-8-9-15(18-10-4-2)12-16-11-14(17)13-19-16/h11,13,15,18H,3-10,12H2,1-2H3. The molecular formula is C16H28BrNS. The van der Waals surface area contributed by atoms with Crippen molar-refractivity contribution < 1.29 is 0 Å². The van der Waals surface area contributed by atoms with Gasteiger partial charge in [-0.05, 0) is 47.8 Å². The number of hydrogen-bond donors (Lipinski definition) is 1. The van der Waals surface area contributed by atoms with Crippen LogP contribution in [0.3, 0.4) is 0 Å². The molecule has 0 saturated heterocycles. The van der Waals surface area contributed by atoms with Gasteiger partial charge in [0.2, 0.25) is 0 Å². The highest BCUT2D eigenvalue weighted by Crippen LogP contribution is 2.22. The number of rotatable bonds is 11. The molecule has 1 heterocycles. The van der Waals surface area contributed by atoms with Gasteiger partial charge in [-0.1, -0.05) is 46.0 Å². The van der Waals surface area contributed by atoms with Gasteiger partial charge in [0.05, 0.1) is 0 Å². The Morgan fingerprint density at radius 3 is 2.58 bits per heavy atom. The predicted octanol–water partition coefficient (Wildman–Crippen LogP) is 5.78. The molecule has 1 rings (SSSR count). The summed E-state index contributed by atoms with van der Waals surface area (Å²) in [7, 11) is 0. The molecule has 1 N–H and O–H groups in total. The highest BCUT2D eigenvalue weighted by molar-refractivity contribution is 9.10. The lowest BCUT2D eigenvalue weighted by atomic mass is 10.0. The molecule has 0 aromatic carbocycles. The summed E-state index contributed by atoms with van der Waals surface area (Å²) in [5.74, 6) is 0. The van der Waals surface area contributed by atoms with Crippen LogP contribution in [0.25, 0.3) is 0 Å². The second-order valence-corrected chi connectivity index (χ2v) is 7.20. The highest BCUT2D eigenvalue weighted by atomic mass is 79.9. The maximum absolute atomic E-state index is 3.71. The van der Waals surface area contributed by atoms with Gasteiger partial charge in [0.25, 0.3) is 0 Å².